The lowest BCUT2D eigenvalue weighted by molar-refractivity contribution is 0.0527. The molecule has 0 saturated carbocycles. The van der Waals surface area contributed by atoms with Crippen LogP contribution in [0.5, 0.6) is 11.5 Å². The van der Waals surface area contributed by atoms with Crippen LogP contribution >= 0.6 is 0 Å². The Morgan fingerprint density at radius 3 is 2.39 bits per heavy atom. The first kappa shape index (κ1) is 22.1. The number of rotatable bonds is 8. The van der Waals surface area contributed by atoms with E-state index in [1.165, 1.54) is 0 Å². The van der Waals surface area contributed by atoms with Gasteiger partial charge in [-0.3, -0.25) is 4.79 Å². The average molecular weight is 443 g/mol. The van der Waals surface area contributed by atoms with Gasteiger partial charge in [-0.2, -0.15) is 0 Å². The molecular formula is C27H25NO5. The highest BCUT2D eigenvalue weighted by atomic mass is 16.5. The minimum Gasteiger partial charge on any atom is -0.495 e. The number of Topliss-reactive ketones (excluding diaryl/α,β-unsaturated/α-hetero) is 1. The van der Waals surface area contributed by atoms with Crippen LogP contribution in [0, 0.1) is 6.92 Å². The van der Waals surface area contributed by atoms with Crippen molar-refractivity contribution in [3.8, 4) is 17.2 Å². The lowest BCUT2D eigenvalue weighted by Crippen LogP contribution is -2.11. The number of fused-ring (bicyclic) bond motifs is 1. The lowest BCUT2D eigenvalue weighted by Gasteiger charge is -2.13. The second kappa shape index (κ2) is 9.61. The molecule has 4 rings (SSSR count). The van der Waals surface area contributed by atoms with Gasteiger partial charge in [-0.1, -0.05) is 42.5 Å². The number of carbonyl (C=O) groups is 2. The number of esters is 1. The van der Waals surface area contributed by atoms with Crippen molar-refractivity contribution in [2.75, 3.05) is 20.3 Å². The van der Waals surface area contributed by atoms with Gasteiger partial charge in [0.15, 0.2) is 12.4 Å². The summed E-state index contributed by atoms with van der Waals surface area (Å²) >= 11 is 0. The maximum atomic E-state index is 12.9. The van der Waals surface area contributed by atoms with Crippen molar-refractivity contribution >= 4 is 22.7 Å². The van der Waals surface area contributed by atoms with Crippen LogP contribution in [-0.4, -0.2) is 36.6 Å². The van der Waals surface area contributed by atoms with Crippen LogP contribution in [0.15, 0.2) is 72.8 Å². The van der Waals surface area contributed by atoms with Gasteiger partial charge in [-0.05, 0) is 44.2 Å². The van der Waals surface area contributed by atoms with Crippen molar-refractivity contribution in [3.05, 3.63) is 89.6 Å². The van der Waals surface area contributed by atoms with E-state index in [1.54, 1.807) is 38.3 Å². The Morgan fingerprint density at radius 2 is 1.67 bits per heavy atom. The van der Waals surface area contributed by atoms with Crippen LogP contribution in [0.2, 0.25) is 0 Å². The zero-order valence-corrected chi connectivity index (χ0v) is 18.8. The van der Waals surface area contributed by atoms with Crippen LogP contribution in [0.3, 0.4) is 0 Å². The molecule has 0 bridgehead atoms. The smallest absolute Gasteiger partial charge is 0.340 e. The number of hydrogen-bond acceptors (Lipinski definition) is 5. The van der Waals surface area contributed by atoms with E-state index in [0.717, 1.165) is 16.9 Å². The molecule has 0 atom stereocenters. The fraction of sp³-hybridized carbons (Fsp3) is 0.185. The first-order chi connectivity index (χ1) is 16.0. The van der Waals surface area contributed by atoms with Crippen LogP contribution in [0.4, 0.5) is 0 Å². The molecule has 1 aromatic heterocycles. The number of ether oxygens (including phenoxy) is 3. The van der Waals surface area contributed by atoms with E-state index in [4.69, 9.17) is 14.2 Å². The number of carbonyl (C=O) groups excluding carboxylic acids is 2. The van der Waals surface area contributed by atoms with Gasteiger partial charge in [-0.15, -0.1) is 0 Å². The van der Waals surface area contributed by atoms with Crippen molar-refractivity contribution in [3.63, 3.8) is 0 Å². The van der Waals surface area contributed by atoms with Crippen molar-refractivity contribution in [1.29, 1.82) is 0 Å². The standard InChI is InChI=1S/C27H25NO5/c1-4-32-27(30)26-18(2)28(23-12-8-9-13-25(23)31-3)22-15-14-20(16-21(22)26)33-17-24(29)19-10-6-5-7-11-19/h5-16H,4,17H2,1-3H3. The summed E-state index contributed by atoms with van der Waals surface area (Å²) in [5.74, 6) is 0.645. The lowest BCUT2D eigenvalue weighted by atomic mass is 10.1. The van der Waals surface area contributed by atoms with Crippen molar-refractivity contribution in [2.45, 2.75) is 13.8 Å². The van der Waals surface area contributed by atoms with E-state index in [9.17, 15) is 9.59 Å². The molecular weight excluding hydrogens is 418 g/mol. The summed E-state index contributed by atoms with van der Waals surface area (Å²) in [5, 5.41) is 0.682. The minimum atomic E-state index is -0.411. The molecule has 4 aromatic rings. The van der Waals surface area contributed by atoms with E-state index in [2.05, 4.69) is 0 Å². The molecule has 0 spiro atoms. The van der Waals surface area contributed by atoms with Gasteiger partial charge in [0.2, 0.25) is 0 Å². The molecule has 0 amide bonds. The Balaban J connectivity index is 1.77. The molecule has 0 aliphatic rings. The van der Waals surface area contributed by atoms with Gasteiger partial charge in [0.25, 0.3) is 0 Å². The maximum absolute atomic E-state index is 12.9. The highest BCUT2D eigenvalue weighted by Gasteiger charge is 2.23. The van der Waals surface area contributed by atoms with E-state index < -0.39 is 5.97 Å². The summed E-state index contributed by atoms with van der Waals surface area (Å²) in [7, 11) is 1.61. The second-order valence-electron chi connectivity index (χ2n) is 7.44. The zero-order chi connectivity index (χ0) is 23.4. The Kier molecular flexibility index (Phi) is 6.45. The second-order valence-corrected chi connectivity index (χ2v) is 7.44. The Bertz CT molecular complexity index is 1310. The number of hydrogen-bond donors (Lipinski definition) is 0. The number of benzene rings is 3. The first-order valence-electron chi connectivity index (χ1n) is 10.7. The minimum absolute atomic E-state index is 0.101. The van der Waals surface area contributed by atoms with Gasteiger partial charge < -0.3 is 18.8 Å². The zero-order valence-electron chi connectivity index (χ0n) is 18.8. The molecule has 0 fully saturated rings. The molecule has 0 aliphatic heterocycles. The fourth-order valence-electron chi connectivity index (χ4n) is 3.93. The molecule has 0 radical (unpaired) electrons. The molecule has 33 heavy (non-hydrogen) atoms. The highest BCUT2D eigenvalue weighted by molar-refractivity contribution is 6.07. The molecule has 1 heterocycles. The molecule has 3 aromatic carbocycles. The molecule has 0 N–H and O–H groups in total. The number of para-hydroxylation sites is 2. The Labute approximate surface area is 192 Å². The van der Waals surface area contributed by atoms with Gasteiger partial charge in [-0.25, -0.2) is 4.79 Å². The number of aromatic nitrogens is 1. The van der Waals surface area contributed by atoms with Gasteiger partial charge >= 0.3 is 5.97 Å². The number of methoxy groups -OCH3 is 1. The van der Waals surface area contributed by atoms with Crippen LogP contribution in [0.25, 0.3) is 16.6 Å². The topological polar surface area (TPSA) is 66.8 Å². The Hall–Kier alpha value is -4.06. The predicted molar refractivity (Wildman–Crippen MR) is 127 cm³/mol. The van der Waals surface area contributed by atoms with Crippen LogP contribution < -0.4 is 9.47 Å². The number of ketones is 1. The summed E-state index contributed by atoms with van der Waals surface area (Å²) < 4.78 is 18.7. The first-order valence-corrected chi connectivity index (χ1v) is 10.7. The maximum Gasteiger partial charge on any atom is 0.340 e. The predicted octanol–water partition coefficient (Wildman–Crippen LogP) is 5.39. The third-order valence-electron chi connectivity index (χ3n) is 5.45. The summed E-state index contributed by atoms with van der Waals surface area (Å²) in [4.78, 5) is 25.3. The molecule has 6 heteroatoms. The van der Waals surface area contributed by atoms with E-state index in [1.807, 2.05) is 60.0 Å². The molecule has 0 unspecified atom stereocenters. The molecule has 0 aliphatic carbocycles. The van der Waals surface area contributed by atoms with E-state index in [-0.39, 0.29) is 19.0 Å². The normalized spacial score (nSPS) is 10.8. The summed E-state index contributed by atoms with van der Waals surface area (Å²) in [6.07, 6.45) is 0. The molecule has 0 saturated heterocycles. The SMILES string of the molecule is CCOC(=O)c1c(C)n(-c2ccccc2OC)c2ccc(OCC(=O)c3ccccc3)cc12. The van der Waals surface area contributed by atoms with Crippen LogP contribution in [0.1, 0.15) is 33.3 Å². The third-order valence-corrected chi connectivity index (χ3v) is 5.45. The fourth-order valence-corrected chi connectivity index (χ4v) is 3.93. The summed E-state index contributed by atoms with van der Waals surface area (Å²) in [5.41, 5.74) is 3.39. The summed E-state index contributed by atoms with van der Waals surface area (Å²) in [6, 6.07) is 22.1. The third kappa shape index (κ3) is 4.32. The van der Waals surface area contributed by atoms with Crippen molar-refractivity contribution in [2.24, 2.45) is 0 Å². The van der Waals surface area contributed by atoms with Gasteiger partial charge in [0, 0.05) is 16.6 Å². The molecule has 6 nitrogen and oxygen atoms in total. The van der Waals surface area contributed by atoms with E-state index in [0.29, 0.717) is 28.0 Å². The number of nitrogens with zero attached hydrogens (tertiary/aromatic N) is 1. The Morgan fingerprint density at radius 1 is 0.939 bits per heavy atom. The summed E-state index contributed by atoms with van der Waals surface area (Å²) in [6.45, 7) is 3.81. The van der Waals surface area contributed by atoms with Crippen molar-refractivity contribution in [1.82, 2.24) is 4.57 Å². The van der Waals surface area contributed by atoms with Crippen molar-refractivity contribution < 1.29 is 23.8 Å². The van der Waals surface area contributed by atoms with E-state index >= 15 is 0 Å². The van der Waals surface area contributed by atoms with Gasteiger partial charge in [0.05, 0.1) is 30.5 Å². The monoisotopic (exact) mass is 443 g/mol. The quantitative estimate of drug-likeness (QED) is 0.270. The molecule has 168 valence electrons. The largest absolute Gasteiger partial charge is 0.495 e. The van der Waals surface area contributed by atoms with Gasteiger partial charge in [0.1, 0.15) is 11.5 Å². The average Bonchev–Trinajstić information content (AvgIpc) is 3.14. The van der Waals surface area contributed by atoms with Crippen LogP contribution in [-0.2, 0) is 4.74 Å². The highest BCUT2D eigenvalue weighted by Crippen LogP contribution is 2.35.